The highest BCUT2D eigenvalue weighted by Crippen LogP contribution is 2.14. The van der Waals surface area contributed by atoms with Crippen LogP contribution in [0.4, 0.5) is 0 Å². The fraction of sp³-hybridized carbons (Fsp3) is 0.300. The molecule has 2 rings (SSSR count). The molecule has 2 nitrogen and oxygen atoms in total. The zero-order valence-corrected chi connectivity index (χ0v) is 15.8. The van der Waals surface area contributed by atoms with Crippen molar-refractivity contribution in [2.24, 2.45) is 0 Å². The second-order valence-corrected chi connectivity index (χ2v) is 4.55. The first-order valence-corrected chi connectivity index (χ1v) is 8.89. The number of rotatable bonds is 3. The van der Waals surface area contributed by atoms with Crippen molar-refractivity contribution in [1.82, 2.24) is 0 Å². The van der Waals surface area contributed by atoms with Crippen LogP contribution in [0.15, 0.2) is 65.6 Å². The predicted octanol–water partition coefficient (Wildman–Crippen LogP) is 5.87. The molecule has 0 bridgehead atoms. The van der Waals surface area contributed by atoms with Gasteiger partial charge in [0, 0.05) is 0 Å². The molecule has 0 radical (unpaired) electrons. The Hall–Kier alpha value is -2.05. The Kier molecular flexibility index (Phi) is 18.2. The van der Waals surface area contributed by atoms with Gasteiger partial charge in [0.15, 0.2) is 0 Å². The van der Waals surface area contributed by atoms with E-state index >= 15 is 0 Å². The molecule has 0 saturated carbocycles. The Labute approximate surface area is 144 Å². The first-order valence-electron chi connectivity index (χ1n) is 7.81. The molecule has 0 saturated heterocycles. The monoisotopic (exact) mass is 332 g/mol. The van der Waals surface area contributed by atoms with Gasteiger partial charge in [0.1, 0.15) is 5.75 Å². The van der Waals surface area contributed by atoms with Gasteiger partial charge < -0.3 is 4.18 Å². The van der Waals surface area contributed by atoms with Gasteiger partial charge in [-0.3, -0.25) is 0 Å². The molecule has 0 fully saturated rings. The third kappa shape index (κ3) is 12.2. The molecule has 2 aromatic carbocycles. The highest BCUT2D eigenvalue weighted by atomic mass is 32.2. The maximum Gasteiger partial charge on any atom is 0.240 e. The minimum absolute atomic E-state index is 0.611. The quantitative estimate of drug-likeness (QED) is 0.657. The van der Waals surface area contributed by atoms with Crippen LogP contribution in [-0.4, -0.2) is 4.21 Å². The Balaban J connectivity index is 0. The average molecular weight is 333 g/mol. The molecule has 0 aliphatic rings. The lowest BCUT2D eigenvalue weighted by Crippen LogP contribution is -2.00. The van der Waals surface area contributed by atoms with E-state index in [4.69, 9.17) is 4.18 Å². The second kappa shape index (κ2) is 18.0. The van der Waals surface area contributed by atoms with E-state index in [-0.39, 0.29) is 0 Å². The molecule has 0 spiro atoms. The summed E-state index contributed by atoms with van der Waals surface area (Å²) in [6.45, 7) is 11.6. The van der Waals surface area contributed by atoms with Crippen LogP contribution in [0.2, 0.25) is 0 Å². The van der Waals surface area contributed by atoms with E-state index in [0.717, 1.165) is 0 Å². The normalized spacial score (nSPS) is 8.96. The summed E-state index contributed by atoms with van der Waals surface area (Å²) in [5, 5.41) is 0. The predicted molar refractivity (Wildman–Crippen MR) is 102 cm³/mol. The molecule has 0 heterocycles. The van der Waals surface area contributed by atoms with Crippen LogP contribution in [0.1, 0.15) is 41.5 Å². The summed E-state index contributed by atoms with van der Waals surface area (Å²) in [6, 6.07) is 18.2. The van der Waals surface area contributed by atoms with Gasteiger partial charge >= 0.3 is 0 Å². The van der Waals surface area contributed by atoms with Gasteiger partial charge in [0.2, 0.25) is 11.1 Å². The van der Waals surface area contributed by atoms with Crippen LogP contribution in [0.3, 0.4) is 0 Å². The molecule has 1 unspecified atom stereocenters. The largest absolute Gasteiger partial charge is 0.397 e. The van der Waals surface area contributed by atoms with Gasteiger partial charge in [-0.2, -0.15) is 0 Å². The van der Waals surface area contributed by atoms with E-state index in [2.05, 4.69) is 11.8 Å². The molecule has 2 aromatic rings. The number of benzene rings is 2. The maximum absolute atomic E-state index is 11.7. The van der Waals surface area contributed by atoms with Crippen LogP contribution in [0, 0.1) is 11.8 Å². The molecule has 126 valence electrons. The molecule has 0 N–H and O–H groups in total. The zero-order valence-electron chi connectivity index (χ0n) is 15.0. The van der Waals surface area contributed by atoms with Crippen molar-refractivity contribution in [3.8, 4) is 17.6 Å². The summed E-state index contributed by atoms with van der Waals surface area (Å²) < 4.78 is 17.0. The molecular formula is C20H28O2S. The van der Waals surface area contributed by atoms with Gasteiger partial charge in [-0.1, -0.05) is 64.1 Å². The molecule has 0 amide bonds. The lowest BCUT2D eigenvalue weighted by atomic mass is 10.3. The lowest BCUT2D eigenvalue weighted by Gasteiger charge is -2.03. The Morgan fingerprint density at radius 3 is 1.52 bits per heavy atom. The maximum atomic E-state index is 11.7. The number of hydrogen-bond donors (Lipinski definition) is 0. The third-order valence-electron chi connectivity index (χ3n) is 2.10. The van der Waals surface area contributed by atoms with Gasteiger partial charge in [0.25, 0.3) is 0 Å². The highest BCUT2D eigenvalue weighted by molar-refractivity contribution is 7.80. The van der Waals surface area contributed by atoms with Crippen molar-refractivity contribution in [2.45, 2.75) is 46.4 Å². The average Bonchev–Trinajstić information content (AvgIpc) is 2.67. The van der Waals surface area contributed by atoms with Gasteiger partial charge in [-0.05, 0) is 38.1 Å². The summed E-state index contributed by atoms with van der Waals surface area (Å²) in [7, 11) is 0. The highest BCUT2D eigenvalue weighted by Gasteiger charge is 2.04. The Bertz CT molecular complexity index is 548. The van der Waals surface area contributed by atoms with E-state index in [1.165, 1.54) is 0 Å². The third-order valence-corrected chi connectivity index (χ3v) is 3.10. The lowest BCUT2D eigenvalue weighted by molar-refractivity contribution is 0.562. The summed E-state index contributed by atoms with van der Waals surface area (Å²) >= 11 is -1.43. The minimum atomic E-state index is -1.43. The fourth-order valence-corrected chi connectivity index (χ4v) is 1.90. The van der Waals surface area contributed by atoms with Crippen molar-refractivity contribution in [3.63, 3.8) is 0 Å². The van der Waals surface area contributed by atoms with Crippen molar-refractivity contribution >= 4 is 11.1 Å². The Morgan fingerprint density at radius 2 is 1.13 bits per heavy atom. The summed E-state index contributed by atoms with van der Waals surface area (Å²) in [5.41, 5.74) is 0. The molecule has 0 aromatic heterocycles. The van der Waals surface area contributed by atoms with E-state index in [0.29, 0.717) is 10.6 Å². The van der Waals surface area contributed by atoms with E-state index in [1.807, 2.05) is 77.9 Å². The van der Waals surface area contributed by atoms with Gasteiger partial charge in [0.05, 0.1) is 4.90 Å². The van der Waals surface area contributed by atoms with Crippen molar-refractivity contribution in [3.05, 3.63) is 60.7 Å². The number of hydrogen-bond acceptors (Lipinski definition) is 2. The minimum Gasteiger partial charge on any atom is -0.397 e. The van der Waals surface area contributed by atoms with E-state index in [1.54, 1.807) is 24.3 Å². The van der Waals surface area contributed by atoms with E-state index < -0.39 is 11.1 Å². The van der Waals surface area contributed by atoms with Crippen LogP contribution < -0.4 is 4.18 Å². The molecule has 0 aliphatic heterocycles. The SMILES string of the molecule is CC.CC.CC#CC.O=S(Oc1ccccc1)c1ccccc1. The van der Waals surface area contributed by atoms with Crippen LogP contribution >= 0.6 is 0 Å². The van der Waals surface area contributed by atoms with Crippen molar-refractivity contribution in [1.29, 1.82) is 0 Å². The Morgan fingerprint density at radius 1 is 0.739 bits per heavy atom. The first-order chi connectivity index (χ1) is 11.3. The fourth-order valence-electron chi connectivity index (χ4n) is 1.14. The van der Waals surface area contributed by atoms with Crippen molar-refractivity contribution in [2.75, 3.05) is 0 Å². The van der Waals surface area contributed by atoms with Crippen molar-refractivity contribution < 1.29 is 8.39 Å². The topological polar surface area (TPSA) is 26.3 Å². The molecular weight excluding hydrogens is 304 g/mol. The van der Waals surface area contributed by atoms with Crippen LogP contribution in [-0.2, 0) is 11.1 Å². The zero-order chi connectivity index (χ0) is 17.9. The first kappa shape index (κ1) is 23.2. The molecule has 0 aliphatic carbocycles. The van der Waals surface area contributed by atoms with Gasteiger partial charge in [-0.25, -0.2) is 4.21 Å². The number of para-hydroxylation sites is 1. The molecule has 3 heteroatoms. The van der Waals surface area contributed by atoms with Crippen LogP contribution in [0.5, 0.6) is 5.75 Å². The summed E-state index contributed by atoms with van der Waals surface area (Å²) in [6.07, 6.45) is 0. The van der Waals surface area contributed by atoms with Crippen LogP contribution in [0.25, 0.3) is 0 Å². The molecule has 23 heavy (non-hydrogen) atoms. The summed E-state index contributed by atoms with van der Waals surface area (Å²) in [5.74, 6) is 5.97. The standard InChI is InChI=1S/C12H10O2S.C4H6.2C2H6/c13-15(12-9-5-2-6-10-12)14-11-7-3-1-4-8-11;1-3-4-2;2*1-2/h1-10H;1-2H3;2*1-2H3. The second-order valence-electron chi connectivity index (χ2n) is 3.44. The summed E-state index contributed by atoms with van der Waals surface area (Å²) in [4.78, 5) is 0.668. The molecule has 1 atom stereocenters. The smallest absolute Gasteiger partial charge is 0.240 e. The van der Waals surface area contributed by atoms with Gasteiger partial charge in [-0.15, -0.1) is 11.8 Å². The van der Waals surface area contributed by atoms with E-state index in [9.17, 15) is 4.21 Å².